The molecule has 0 aliphatic carbocycles. The fourth-order valence-corrected chi connectivity index (χ4v) is 3.43. The first kappa shape index (κ1) is 15.5. The average Bonchev–Trinajstić information content (AvgIpc) is 2.40. The lowest BCUT2D eigenvalue weighted by Crippen LogP contribution is -2.14. The highest BCUT2D eigenvalue weighted by molar-refractivity contribution is 7.92. The zero-order valence-corrected chi connectivity index (χ0v) is 13.2. The molecule has 2 aromatic rings. The van der Waals surface area contributed by atoms with Gasteiger partial charge in [0.2, 0.25) is 0 Å². The minimum Gasteiger partial charge on any atom is -0.393 e. The summed E-state index contributed by atoms with van der Waals surface area (Å²) in [5.41, 5.74) is 7.63. The molecule has 0 aromatic heterocycles. The highest BCUT2D eigenvalue weighted by Gasteiger charge is 2.16. The number of aryl methyl sites for hydroxylation is 1. The van der Waals surface area contributed by atoms with Gasteiger partial charge in [0.15, 0.2) is 0 Å². The van der Waals surface area contributed by atoms with Gasteiger partial charge in [-0.05, 0) is 36.2 Å². The highest BCUT2D eigenvalue weighted by Crippen LogP contribution is 2.19. The Bertz CT molecular complexity index is 753. The van der Waals surface area contributed by atoms with E-state index in [-0.39, 0.29) is 4.90 Å². The Morgan fingerprint density at radius 2 is 1.76 bits per heavy atom. The summed E-state index contributed by atoms with van der Waals surface area (Å²) in [6.45, 7) is 1.76. The second-order valence-corrected chi connectivity index (χ2v) is 6.89. The predicted molar refractivity (Wildman–Crippen MR) is 88.9 cm³/mol. The molecule has 0 bridgehead atoms. The van der Waals surface area contributed by atoms with Crippen molar-refractivity contribution in [2.45, 2.75) is 18.2 Å². The van der Waals surface area contributed by atoms with Crippen molar-refractivity contribution in [2.75, 3.05) is 4.72 Å². The Morgan fingerprint density at radius 1 is 1.14 bits per heavy atom. The molecule has 0 spiro atoms. The van der Waals surface area contributed by atoms with Crippen LogP contribution in [0.4, 0.5) is 5.69 Å². The SMILES string of the molecule is Cc1ccccc1S(=O)(=O)Nc1ccc(CC(N)=S)cc1. The number of benzene rings is 2. The lowest BCUT2D eigenvalue weighted by atomic mass is 10.1. The molecule has 0 atom stereocenters. The Kier molecular flexibility index (Phi) is 4.59. The first-order chi connectivity index (χ1) is 9.88. The van der Waals surface area contributed by atoms with Crippen LogP contribution in [0.2, 0.25) is 0 Å². The van der Waals surface area contributed by atoms with Gasteiger partial charge in [-0.15, -0.1) is 0 Å². The largest absolute Gasteiger partial charge is 0.393 e. The number of thiocarbonyl (C=S) groups is 1. The van der Waals surface area contributed by atoms with Crippen LogP contribution >= 0.6 is 12.2 Å². The van der Waals surface area contributed by atoms with Crippen LogP contribution in [0.5, 0.6) is 0 Å². The molecule has 110 valence electrons. The van der Waals surface area contributed by atoms with Crippen molar-refractivity contribution in [3.63, 3.8) is 0 Å². The van der Waals surface area contributed by atoms with Crippen LogP contribution in [-0.2, 0) is 16.4 Å². The lowest BCUT2D eigenvalue weighted by molar-refractivity contribution is 0.600. The van der Waals surface area contributed by atoms with Crippen molar-refractivity contribution in [3.05, 3.63) is 59.7 Å². The molecule has 0 aliphatic rings. The molecule has 0 saturated heterocycles. The van der Waals surface area contributed by atoms with Gasteiger partial charge < -0.3 is 5.73 Å². The fraction of sp³-hybridized carbons (Fsp3) is 0.133. The monoisotopic (exact) mass is 320 g/mol. The van der Waals surface area contributed by atoms with Crippen molar-refractivity contribution in [1.82, 2.24) is 0 Å². The summed E-state index contributed by atoms with van der Waals surface area (Å²) in [6, 6.07) is 13.8. The summed E-state index contributed by atoms with van der Waals surface area (Å²) >= 11 is 4.84. The molecule has 0 fully saturated rings. The van der Waals surface area contributed by atoms with E-state index < -0.39 is 10.0 Å². The van der Waals surface area contributed by atoms with Crippen LogP contribution in [0.3, 0.4) is 0 Å². The molecular formula is C15H16N2O2S2. The van der Waals surface area contributed by atoms with Crippen LogP contribution < -0.4 is 10.5 Å². The lowest BCUT2D eigenvalue weighted by Gasteiger charge is -2.10. The maximum Gasteiger partial charge on any atom is 0.262 e. The summed E-state index contributed by atoms with van der Waals surface area (Å²) < 4.78 is 27.2. The van der Waals surface area contributed by atoms with Gasteiger partial charge in [-0.3, -0.25) is 4.72 Å². The second kappa shape index (κ2) is 6.24. The topological polar surface area (TPSA) is 72.2 Å². The van der Waals surface area contributed by atoms with Gasteiger partial charge in [0, 0.05) is 12.1 Å². The van der Waals surface area contributed by atoms with Crippen LogP contribution in [-0.4, -0.2) is 13.4 Å². The minimum atomic E-state index is -3.58. The number of sulfonamides is 1. The zero-order chi connectivity index (χ0) is 15.5. The molecule has 4 nitrogen and oxygen atoms in total. The third-order valence-corrected chi connectivity index (χ3v) is 4.65. The van der Waals surface area contributed by atoms with E-state index in [2.05, 4.69) is 4.72 Å². The Labute approximate surface area is 130 Å². The predicted octanol–water partition coefficient (Wildman–Crippen LogP) is 2.62. The molecule has 0 unspecified atom stereocenters. The molecular weight excluding hydrogens is 304 g/mol. The van der Waals surface area contributed by atoms with Crippen molar-refractivity contribution in [3.8, 4) is 0 Å². The fourth-order valence-electron chi connectivity index (χ4n) is 1.96. The van der Waals surface area contributed by atoms with Gasteiger partial charge in [0.25, 0.3) is 10.0 Å². The average molecular weight is 320 g/mol. The number of rotatable bonds is 5. The summed E-state index contributed by atoms with van der Waals surface area (Å²) in [6.07, 6.45) is 0.500. The standard InChI is InChI=1S/C15H16N2O2S2/c1-11-4-2-3-5-14(11)21(18,19)17-13-8-6-12(7-9-13)10-15(16)20/h2-9,17H,10H2,1H3,(H2,16,20). The van der Waals surface area contributed by atoms with E-state index in [0.717, 1.165) is 5.56 Å². The van der Waals surface area contributed by atoms with Crippen LogP contribution in [0.25, 0.3) is 0 Å². The molecule has 0 heterocycles. The molecule has 0 radical (unpaired) electrons. The third-order valence-electron chi connectivity index (χ3n) is 2.97. The van der Waals surface area contributed by atoms with E-state index in [1.54, 1.807) is 55.5 Å². The zero-order valence-electron chi connectivity index (χ0n) is 11.5. The number of hydrogen-bond acceptors (Lipinski definition) is 3. The number of nitrogens with one attached hydrogen (secondary N) is 1. The van der Waals surface area contributed by atoms with Crippen LogP contribution in [0.1, 0.15) is 11.1 Å². The number of hydrogen-bond donors (Lipinski definition) is 2. The molecule has 2 aromatic carbocycles. The van der Waals surface area contributed by atoms with E-state index in [4.69, 9.17) is 18.0 Å². The van der Waals surface area contributed by atoms with E-state index >= 15 is 0 Å². The molecule has 0 saturated carbocycles. The molecule has 2 rings (SSSR count). The van der Waals surface area contributed by atoms with Crippen molar-refractivity contribution < 1.29 is 8.42 Å². The molecule has 0 amide bonds. The van der Waals surface area contributed by atoms with Crippen molar-refractivity contribution >= 4 is 32.9 Å². The van der Waals surface area contributed by atoms with Gasteiger partial charge in [0.1, 0.15) is 0 Å². The van der Waals surface area contributed by atoms with Gasteiger partial charge >= 0.3 is 0 Å². The Balaban J connectivity index is 2.21. The van der Waals surface area contributed by atoms with Crippen molar-refractivity contribution in [2.24, 2.45) is 5.73 Å². The van der Waals surface area contributed by atoms with Gasteiger partial charge in [-0.1, -0.05) is 42.5 Å². The van der Waals surface area contributed by atoms with Gasteiger partial charge in [-0.25, -0.2) is 8.42 Å². The first-order valence-corrected chi connectivity index (χ1v) is 8.23. The van der Waals surface area contributed by atoms with E-state index in [1.165, 1.54) is 0 Å². The Morgan fingerprint density at radius 3 is 2.33 bits per heavy atom. The quantitative estimate of drug-likeness (QED) is 0.831. The Hall–Kier alpha value is -1.92. The first-order valence-electron chi connectivity index (χ1n) is 6.34. The van der Waals surface area contributed by atoms with Crippen LogP contribution in [0.15, 0.2) is 53.4 Å². The van der Waals surface area contributed by atoms with E-state index in [0.29, 0.717) is 22.7 Å². The second-order valence-electron chi connectivity index (χ2n) is 4.71. The maximum absolute atomic E-state index is 12.3. The maximum atomic E-state index is 12.3. The normalized spacial score (nSPS) is 11.1. The molecule has 6 heteroatoms. The van der Waals surface area contributed by atoms with E-state index in [9.17, 15) is 8.42 Å². The summed E-state index contributed by atoms with van der Waals surface area (Å²) in [5.74, 6) is 0. The van der Waals surface area contributed by atoms with Crippen LogP contribution in [0, 0.1) is 6.92 Å². The van der Waals surface area contributed by atoms with Gasteiger partial charge in [0.05, 0.1) is 9.88 Å². The molecule has 21 heavy (non-hydrogen) atoms. The molecule has 3 N–H and O–H groups in total. The number of nitrogens with two attached hydrogens (primary N) is 1. The number of anilines is 1. The smallest absolute Gasteiger partial charge is 0.262 e. The van der Waals surface area contributed by atoms with E-state index in [1.807, 2.05) is 0 Å². The minimum absolute atomic E-state index is 0.275. The summed E-state index contributed by atoms with van der Waals surface area (Å²) in [4.78, 5) is 0.681. The van der Waals surface area contributed by atoms with Gasteiger partial charge in [-0.2, -0.15) is 0 Å². The molecule has 0 aliphatic heterocycles. The summed E-state index contributed by atoms with van der Waals surface area (Å²) in [5, 5.41) is 0. The third kappa shape index (κ3) is 4.03. The summed E-state index contributed by atoms with van der Waals surface area (Å²) in [7, 11) is -3.58. The van der Waals surface area contributed by atoms with Crippen molar-refractivity contribution in [1.29, 1.82) is 0 Å². The highest BCUT2D eigenvalue weighted by atomic mass is 32.2.